The summed E-state index contributed by atoms with van der Waals surface area (Å²) in [7, 11) is 0. The molecule has 0 radical (unpaired) electrons. The lowest BCUT2D eigenvalue weighted by atomic mass is 10.2. The smallest absolute Gasteiger partial charge is 0.352 e. The third-order valence-corrected chi connectivity index (χ3v) is 6.56. The molecule has 0 saturated carbocycles. The average molecular weight is 388 g/mol. The number of halogens is 1. The molecule has 4 aromatic rings. The standard InChI is InChI=1S/C19H14ClNO2S2/c1-11-5-17(24-10-11)18-7-14-16(25-18)8-15(19(22)23)21(14)9-12-3-2-4-13(20)6-12/h2-8,10H,9H2,1H3,(H,22,23). The fraction of sp³-hybridized carbons (Fsp3) is 0.105. The van der Waals surface area contributed by atoms with E-state index in [0.717, 1.165) is 15.8 Å². The summed E-state index contributed by atoms with van der Waals surface area (Å²) in [6.07, 6.45) is 0. The lowest BCUT2D eigenvalue weighted by Crippen LogP contribution is -2.09. The zero-order chi connectivity index (χ0) is 17.6. The number of carboxylic acids is 1. The van der Waals surface area contributed by atoms with Crippen LogP contribution in [0.15, 0.2) is 47.8 Å². The van der Waals surface area contributed by atoms with Crippen molar-refractivity contribution in [2.75, 3.05) is 0 Å². The first kappa shape index (κ1) is 16.4. The highest BCUT2D eigenvalue weighted by atomic mass is 35.5. The molecule has 1 N–H and O–H groups in total. The van der Waals surface area contributed by atoms with Crippen molar-refractivity contribution in [3.8, 4) is 9.75 Å². The SMILES string of the molecule is Cc1csc(-c2cc3c(cc(C(=O)O)n3Cc3cccc(Cl)c3)s2)c1. The Labute approximate surface area is 157 Å². The molecule has 6 heteroatoms. The zero-order valence-corrected chi connectivity index (χ0v) is 15.7. The average Bonchev–Trinajstić information content (AvgIpc) is 3.23. The first-order chi connectivity index (χ1) is 12.0. The van der Waals surface area contributed by atoms with Gasteiger partial charge in [-0.25, -0.2) is 4.79 Å². The van der Waals surface area contributed by atoms with E-state index in [1.165, 1.54) is 15.3 Å². The number of rotatable bonds is 4. The minimum atomic E-state index is -0.918. The van der Waals surface area contributed by atoms with Crippen LogP contribution in [0.25, 0.3) is 20.0 Å². The van der Waals surface area contributed by atoms with Gasteiger partial charge in [0.1, 0.15) is 5.69 Å². The van der Waals surface area contributed by atoms with Crippen LogP contribution in [0.4, 0.5) is 0 Å². The van der Waals surface area contributed by atoms with Gasteiger partial charge in [-0.15, -0.1) is 22.7 Å². The molecule has 0 aliphatic carbocycles. The van der Waals surface area contributed by atoms with Crippen LogP contribution < -0.4 is 0 Å². The number of benzene rings is 1. The van der Waals surface area contributed by atoms with Gasteiger partial charge in [-0.05, 0) is 53.8 Å². The summed E-state index contributed by atoms with van der Waals surface area (Å²) in [5, 5.41) is 12.3. The number of carbonyl (C=O) groups is 1. The van der Waals surface area contributed by atoms with Gasteiger partial charge in [0.2, 0.25) is 0 Å². The summed E-state index contributed by atoms with van der Waals surface area (Å²) in [6, 6.07) is 13.5. The Morgan fingerprint density at radius 1 is 1.20 bits per heavy atom. The number of aryl methyl sites for hydroxylation is 1. The Morgan fingerprint density at radius 2 is 2.04 bits per heavy atom. The first-order valence-corrected chi connectivity index (χ1v) is 9.75. The molecule has 25 heavy (non-hydrogen) atoms. The molecule has 0 aliphatic heterocycles. The lowest BCUT2D eigenvalue weighted by Gasteiger charge is -2.08. The maximum Gasteiger partial charge on any atom is 0.352 e. The number of hydrogen-bond acceptors (Lipinski definition) is 3. The van der Waals surface area contributed by atoms with Gasteiger partial charge in [0.15, 0.2) is 0 Å². The summed E-state index contributed by atoms with van der Waals surface area (Å²) < 4.78 is 2.84. The van der Waals surface area contributed by atoms with E-state index in [-0.39, 0.29) is 0 Å². The number of fused-ring (bicyclic) bond motifs is 1. The van der Waals surface area contributed by atoms with Crippen molar-refractivity contribution in [2.24, 2.45) is 0 Å². The second kappa shape index (κ2) is 6.33. The van der Waals surface area contributed by atoms with Crippen molar-refractivity contribution in [2.45, 2.75) is 13.5 Å². The maximum absolute atomic E-state index is 11.7. The molecule has 0 aliphatic rings. The highest BCUT2D eigenvalue weighted by Gasteiger charge is 2.18. The molecule has 3 heterocycles. The third-order valence-electron chi connectivity index (χ3n) is 4.01. The molecular formula is C19H14ClNO2S2. The molecule has 126 valence electrons. The molecule has 0 spiro atoms. The van der Waals surface area contributed by atoms with Crippen molar-refractivity contribution in [3.63, 3.8) is 0 Å². The van der Waals surface area contributed by atoms with Crippen molar-refractivity contribution in [1.29, 1.82) is 0 Å². The number of thiophene rings is 2. The molecule has 3 aromatic heterocycles. The molecular weight excluding hydrogens is 374 g/mol. The quantitative estimate of drug-likeness (QED) is 0.457. The van der Waals surface area contributed by atoms with Crippen molar-refractivity contribution in [1.82, 2.24) is 4.57 Å². The van der Waals surface area contributed by atoms with E-state index < -0.39 is 5.97 Å². The van der Waals surface area contributed by atoms with Crippen LogP contribution in [0.3, 0.4) is 0 Å². The van der Waals surface area contributed by atoms with Gasteiger partial charge >= 0.3 is 5.97 Å². The van der Waals surface area contributed by atoms with Crippen molar-refractivity contribution >= 4 is 50.5 Å². The predicted octanol–water partition coefficient (Wildman–Crippen LogP) is 6.14. The zero-order valence-electron chi connectivity index (χ0n) is 13.3. The van der Waals surface area contributed by atoms with Gasteiger partial charge in [0.25, 0.3) is 0 Å². The molecule has 1 aromatic carbocycles. The van der Waals surface area contributed by atoms with Crippen LogP contribution in [0.1, 0.15) is 21.6 Å². The predicted molar refractivity (Wildman–Crippen MR) is 105 cm³/mol. The summed E-state index contributed by atoms with van der Waals surface area (Å²) in [5.74, 6) is -0.918. The highest BCUT2D eigenvalue weighted by molar-refractivity contribution is 7.25. The minimum Gasteiger partial charge on any atom is -0.477 e. The van der Waals surface area contributed by atoms with E-state index in [1.54, 1.807) is 28.7 Å². The topological polar surface area (TPSA) is 42.2 Å². The van der Waals surface area contributed by atoms with Crippen LogP contribution >= 0.6 is 34.3 Å². The number of hydrogen-bond donors (Lipinski definition) is 1. The Bertz CT molecular complexity index is 1090. The van der Waals surface area contributed by atoms with Gasteiger partial charge in [0.05, 0.1) is 10.2 Å². The fourth-order valence-corrected chi connectivity index (χ4v) is 5.19. The van der Waals surface area contributed by atoms with E-state index in [4.69, 9.17) is 11.6 Å². The molecule has 0 unspecified atom stereocenters. The molecule has 0 amide bonds. The number of nitrogens with zero attached hydrogens (tertiary/aromatic N) is 1. The van der Waals surface area contributed by atoms with E-state index in [0.29, 0.717) is 17.3 Å². The summed E-state index contributed by atoms with van der Waals surface area (Å²) in [4.78, 5) is 14.0. The minimum absolute atomic E-state index is 0.301. The maximum atomic E-state index is 11.7. The number of aromatic nitrogens is 1. The first-order valence-electron chi connectivity index (χ1n) is 7.67. The molecule has 0 bridgehead atoms. The summed E-state index contributed by atoms with van der Waals surface area (Å²) in [5.41, 5.74) is 3.47. The summed E-state index contributed by atoms with van der Waals surface area (Å²) in [6.45, 7) is 2.56. The van der Waals surface area contributed by atoms with Crippen LogP contribution in [0.2, 0.25) is 5.02 Å². The number of carboxylic acid groups (broad SMARTS) is 1. The second-order valence-electron chi connectivity index (χ2n) is 5.90. The Balaban J connectivity index is 1.83. The van der Waals surface area contributed by atoms with Gasteiger partial charge in [-0.2, -0.15) is 0 Å². The molecule has 4 rings (SSSR count). The largest absolute Gasteiger partial charge is 0.477 e. The Kier molecular flexibility index (Phi) is 4.15. The molecule has 0 atom stereocenters. The monoisotopic (exact) mass is 387 g/mol. The fourth-order valence-electron chi connectivity index (χ4n) is 2.89. The Morgan fingerprint density at radius 3 is 2.72 bits per heavy atom. The number of aromatic carboxylic acids is 1. The highest BCUT2D eigenvalue weighted by Crippen LogP contribution is 2.38. The van der Waals surface area contributed by atoms with E-state index >= 15 is 0 Å². The van der Waals surface area contributed by atoms with E-state index in [1.807, 2.05) is 28.8 Å². The van der Waals surface area contributed by atoms with Crippen LogP contribution in [0, 0.1) is 6.92 Å². The van der Waals surface area contributed by atoms with Crippen molar-refractivity contribution in [3.05, 3.63) is 69.7 Å². The van der Waals surface area contributed by atoms with E-state index in [2.05, 4.69) is 24.4 Å². The van der Waals surface area contributed by atoms with Gasteiger partial charge < -0.3 is 9.67 Å². The second-order valence-corrected chi connectivity index (χ2v) is 8.33. The Hall–Kier alpha value is -2.08. The van der Waals surface area contributed by atoms with Gasteiger partial charge in [-0.3, -0.25) is 0 Å². The molecule has 3 nitrogen and oxygen atoms in total. The van der Waals surface area contributed by atoms with E-state index in [9.17, 15) is 9.90 Å². The normalized spacial score (nSPS) is 11.3. The van der Waals surface area contributed by atoms with Gasteiger partial charge in [0, 0.05) is 21.3 Å². The van der Waals surface area contributed by atoms with Gasteiger partial charge in [-0.1, -0.05) is 23.7 Å². The lowest BCUT2D eigenvalue weighted by molar-refractivity contribution is 0.0686. The summed E-state index contributed by atoms with van der Waals surface area (Å²) >= 11 is 9.41. The molecule has 0 fully saturated rings. The van der Waals surface area contributed by atoms with Crippen LogP contribution in [-0.2, 0) is 6.54 Å². The van der Waals surface area contributed by atoms with Crippen LogP contribution in [0.5, 0.6) is 0 Å². The third kappa shape index (κ3) is 3.11. The molecule has 0 saturated heterocycles. The van der Waals surface area contributed by atoms with Crippen LogP contribution in [-0.4, -0.2) is 15.6 Å². The van der Waals surface area contributed by atoms with Crippen molar-refractivity contribution < 1.29 is 9.90 Å².